The first kappa shape index (κ1) is 30.5. The number of thioether (sulfide) groups is 1. The summed E-state index contributed by atoms with van der Waals surface area (Å²) >= 11 is 2.31. The standard InChI is InChI=1S/C24H35N5O6S2/c1-13(2)19-21(32)35-15(8-6-7-9-36-22(33)14(3)25)10-17(30)26-11-18-27-16(12-37-18)20(31)29-24(4,5)23(34)28-19/h6,8,12-15,19H,7,9-11,25H2,1-5H3,(H,26,30)(H,28,34)(H,29,31)/b8-6+/t14?,15-,19+/m1/s1. The van der Waals surface area contributed by atoms with Crippen LogP contribution in [0.15, 0.2) is 17.5 Å². The average Bonchev–Trinajstić information content (AvgIpc) is 3.28. The van der Waals surface area contributed by atoms with Gasteiger partial charge in [0.25, 0.3) is 5.91 Å². The second kappa shape index (κ2) is 13.7. The van der Waals surface area contributed by atoms with E-state index in [0.29, 0.717) is 17.2 Å². The number of nitrogens with one attached hydrogen (secondary N) is 3. The van der Waals surface area contributed by atoms with Crippen molar-refractivity contribution in [3.8, 4) is 0 Å². The molecule has 2 rings (SSSR count). The van der Waals surface area contributed by atoms with E-state index in [2.05, 4.69) is 20.9 Å². The number of ether oxygens (including phenoxy) is 1. The Morgan fingerprint density at radius 1 is 1.30 bits per heavy atom. The Bertz CT molecular complexity index is 1040. The van der Waals surface area contributed by atoms with Crippen molar-refractivity contribution >= 4 is 51.9 Å². The number of nitrogens with zero attached hydrogens (tertiary/aromatic N) is 1. The highest BCUT2D eigenvalue weighted by Gasteiger charge is 2.36. The van der Waals surface area contributed by atoms with E-state index in [1.54, 1.807) is 38.3 Å². The van der Waals surface area contributed by atoms with Crippen LogP contribution in [0.25, 0.3) is 0 Å². The number of carbonyl (C=O) groups excluding carboxylic acids is 5. The highest BCUT2D eigenvalue weighted by molar-refractivity contribution is 8.13. The molecule has 2 heterocycles. The van der Waals surface area contributed by atoms with Crippen LogP contribution in [-0.4, -0.2) is 63.3 Å². The zero-order chi connectivity index (χ0) is 27.8. The number of allylic oxidation sites excluding steroid dienone is 1. The lowest BCUT2D eigenvalue weighted by molar-refractivity contribution is -0.153. The summed E-state index contributed by atoms with van der Waals surface area (Å²) in [5.74, 6) is -2.05. The van der Waals surface area contributed by atoms with Crippen molar-refractivity contribution in [2.75, 3.05) is 5.75 Å². The lowest BCUT2D eigenvalue weighted by Crippen LogP contribution is -2.59. The van der Waals surface area contributed by atoms with E-state index >= 15 is 0 Å². The molecule has 13 heteroatoms. The predicted molar refractivity (Wildman–Crippen MR) is 142 cm³/mol. The van der Waals surface area contributed by atoms with Crippen LogP contribution < -0.4 is 21.7 Å². The predicted octanol–water partition coefficient (Wildman–Crippen LogP) is 1.28. The number of fused-ring (bicyclic) bond motifs is 2. The second-order valence-corrected chi connectivity index (χ2v) is 11.6. The maximum atomic E-state index is 13.1. The van der Waals surface area contributed by atoms with E-state index in [4.69, 9.17) is 10.5 Å². The van der Waals surface area contributed by atoms with Gasteiger partial charge in [0.15, 0.2) is 0 Å². The van der Waals surface area contributed by atoms with Gasteiger partial charge >= 0.3 is 5.97 Å². The molecule has 0 spiro atoms. The van der Waals surface area contributed by atoms with Gasteiger partial charge in [-0.1, -0.05) is 31.7 Å². The number of cyclic esters (lactones) is 1. The van der Waals surface area contributed by atoms with Crippen LogP contribution in [-0.2, 0) is 30.5 Å². The molecule has 1 aromatic rings. The monoisotopic (exact) mass is 553 g/mol. The van der Waals surface area contributed by atoms with Crippen molar-refractivity contribution in [3.05, 3.63) is 28.2 Å². The van der Waals surface area contributed by atoms with Gasteiger partial charge in [-0.25, -0.2) is 9.78 Å². The van der Waals surface area contributed by atoms with Crippen LogP contribution in [0.4, 0.5) is 0 Å². The second-order valence-electron chi connectivity index (χ2n) is 9.53. The average molecular weight is 554 g/mol. The van der Waals surface area contributed by atoms with Gasteiger partial charge in [-0.2, -0.15) is 0 Å². The van der Waals surface area contributed by atoms with Gasteiger partial charge in [-0.3, -0.25) is 19.2 Å². The van der Waals surface area contributed by atoms with E-state index in [0.717, 1.165) is 11.8 Å². The third kappa shape index (κ3) is 9.56. The van der Waals surface area contributed by atoms with Crippen molar-refractivity contribution in [2.24, 2.45) is 11.7 Å². The molecule has 37 heavy (non-hydrogen) atoms. The summed E-state index contributed by atoms with van der Waals surface area (Å²) < 4.78 is 5.63. The highest BCUT2D eigenvalue weighted by atomic mass is 32.2. The first-order chi connectivity index (χ1) is 17.3. The highest BCUT2D eigenvalue weighted by Crippen LogP contribution is 2.15. The maximum Gasteiger partial charge on any atom is 0.329 e. The van der Waals surface area contributed by atoms with Crippen LogP contribution in [0.5, 0.6) is 0 Å². The van der Waals surface area contributed by atoms with E-state index in [1.807, 2.05) is 0 Å². The third-order valence-corrected chi connectivity index (χ3v) is 7.27. The number of aromatic nitrogens is 1. The lowest BCUT2D eigenvalue weighted by Gasteiger charge is -2.29. The topological polar surface area (TPSA) is 170 Å². The quantitative estimate of drug-likeness (QED) is 0.230. The number of esters is 1. The van der Waals surface area contributed by atoms with Crippen molar-refractivity contribution in [2.45, 2.75) is 77.7 Å². The van der Waals surface area contributed by atoms with Crippen molar-refractivity contribution in [3.63, 3.8) is 0 Å². The van der Waals surface area contributed by atoms with E-state index < -0.39 is 41.5 Å². The van der Waals surface area contributed by atoms with Crippen molar-refractivity contribution < 1.29 is 28.7 Å². The third-order valence-electron chi connectivity index (χ3n) is 5.33. The number of hydrogen-bond donors (Lipinski definition) is 4. The summed E-state index contributed by atoms with van der Waals surface area (Å²) in [6, 6.07) is -1.57. The first-order valence-electron chi connectivity index (χ1n) is 11.9. The van der Waals surface area contributed by atoms with Crippen LogP contribution >= 0.6 is 23.1 Å². The SMILES string of the molecule is CC(N)C(=O)SCC/C=C/[C@@H]1CC(=O)NCc2nc(cs2)C(=O)NC(C)(C)C(=O)N[C@@H](C(C)C)C(=O)O1. The molecular weight excluding hydrogens is 518 g/mol. The molecule has 1 aliphatic heterocycles. The van der Waals surface area contributed by atoms with Gasteiger partial charge in [-0.05, 0) is 39.2 Å². The first-order valence-corrected chi connectivity index (χ1v) is 13.8. The molecule has 0 saturated carbocycles. The summed E-state index contributed by atoms with van der Waals surface area (Å²) in [6.07, 6.45) is 2.78. The molecule has 0 aliphatic carbocycles. The minimum Gasteiger partial charge on any atom is -0.456 e. The van der Waals surface area contributed by atoms with E-state index in [1.165, 1.54) is 25.2 Å². The normalized spacial score (nSPS) is 22.2. The van der Waals surface area contributed by atoms with E-state index in [9.17, 15) is 24.0 Å². The minimum absolute atomic E-state index is 0.0929. The van der Waals surface area contributed by atoms with E-state index in [-0.39, 0.29) is 35.6 Å². The molecule has 0 aromatic carbocycles. The van der Waals surface area contributed by atoms with Crippen LogP contribution in [0.2, 0.25) is 0 Å². The molecule has 1 aromatic heterocycles. The Morgan fingerprint density at radius 2 is 2.00 bits per heavy atom. The van der Waals surface area contributed by atoms with Gasteiger partial charge in [0.1, 0.15) is 28.4 Å². The zero-order valence-electron chi connectivity index (χ0n) is 21.7. The molecule has 2 bridgehead atoms. The number of hydrogen-bond acceptors (Lipinski definition) is 10. The molecule has 5 N–H and O–H groups in total. The molecule has 0 fully saturated rings. The van der Waals surface area contributed by atoms with Gasteiger partial charge in [0.2, 0.25) is 16.9 Å². The van der Waals surface area contributed by atoms with Gasteiger partial charge in [0.05, 0.1) is 19.0 Å². The zero-order valence-corrected chi connectivity index (χ0v) is 23.3. The number of amides is 3. The fourth-order valence-electron chi connectivity index (χ4n) is 3.13. The summed E-state index contributed by atoms with van der Waals surface area (Å²) in [6.45, 7) is 8.26. The number of rotatable bonds is 6. The molecule has 0 saturated heterocycles. The molecule has 3 atom stereocenters. The van der Waals surface area contributed by atoms with Crippen molar-refractivity contribution in [1.82, 2.24) is 20.9 Å². The lowest BCUT2D eigenvalue weighted by atomic mass is 9.99. The summed E-state index contributed by atoms with van der Waals surface area (Å²) in [5, 5.41) is 9.96. The Hall–Kier alpha value is -2.77. The number of carbonyl (C=O) groups is 5. The molecule has 204 valence electrons. The van der Waals surface area contributed by atoms with Gasteiger partial charge < -0.3 is 26.4 Å². The molecule has 3 amide bonds. The smallest absolute Gasteiger partial charge is 0.329 e. The van der Waals surface area contributed by atoms with Crippen LogP contribution in [0.3, 0.4) is 0 Å². The Labute approximate surface area is 224 Å². The minimum atomic E-state index is -1.34. The molecule has 0 radical (unpaired) electrons. The van der Waals surface area contributed by atoms with Gasteiger partial charge in [0, 0.05) is 11.1 Å². The molecule has 1 unspecified atom stereocenters. The van der Waals surface area contributed by atoms with Crippen LogP contribution in [0.1, 0.15) is 63.0 Å². The summed E-state index contributed by atoms with van der Waals surface area (Å²) in [4.78, 5) is 67.2. The van der Waals surface area contributed by atoms with Crippen molar-refractivity contribution in [1.29, 1.82) is 0 Å². The Kier molecular flexibility index (Phi) is 11.3. The fraction of sp³-hybridized carbons (Fsp3) is 0.583. The Balaban J connectivity index is 2.25. The summed E-state index contributed by atoms with van der Waals surface area (Å²) in [5.41, 5.74) is 4.35. The number of nitrogens with two attached hydrogens (primary N) is 1. The maximum absolute atomic E-state index is 13.1. The fourth-order valence-corrected chi connectivity index (χ4v) is 4.56. The van der Waals surface area contributed by atoms with Gasteiger partial charge in [-0.15, -0.1) is 11.3 Å². The molecule has 1 aliphatic rings. The van der Waals surface area contributed by atoms with Crippen LogP contribution in [0, 0.1) is 5.92 Å². The Morgan fingerprint density at radius 3 is 2.65 bits per heavy atom. The molecular formula is C24H35N5O6S2. The number of thiazole rings is 1. The molecule has 11 nitrogen and oxygen atoms in total. The summed E-state index contributed by atoms with van der Waals surface area (Å²) in [7, 11) is 0. The largest absolute Gasteiger partial charge is 0.456 e.